The van der Waals surface area contributed by atoms with Gasteiger partial charge < -0.3 is 21.1 Å². The van der Waals surface area contributed by atoms with E-state index in [4.69, 9.17) is 5.11 Å². The van der Waals surface area contributed by atoms with Crippen LogP contribution < -0.4 is 16.0 Å². The lowest BCUT2D eigenvalue weighted by molar-refractivity contribution is -0.125. The highest BCUT2D eigenvalue weighted by molar-refractivity contribution is 9.10. The van der Waals surface area contributed by atoms with Crippen molar-refractivity contribution >= 4 is 39.5 Å². The molecule has 0 spiro atoms. The Morgan fingerprint density at radius 2 is 1.95 bits per heavy atom. The average molecular weight is 344 g/mol. The van der Waals surface area contributed by atoms with Gasteiger partial charge in [-0.15, -0.1) is 0 Å². The molecular weight excluding hydrogens is 330 g/mol. The van der Waals surface area contributed by atoms with Crippen molar-refractivity contribution in [2.75, 3.05) is 11.9 Å². The quantitative estimate of drug-likeness (QED) is 0.643. The predicted molar refractivity (Wildman–Crippen MR) is 76.4 cm³/mol. The number of para-hydroxylation sites is 1. The van der Waals surface area contributed by atoms with Crippen LogP contribution in [0.1, 0.15) is 6.92 Å². The minimum atomic E-state index is -1.30. The number of carboxylic acid groups (broad SMARTS) is 1. The summed E-state index contributed by atoms with van der Waals surface area (Å²) in [6.45, 7) is 1.10. The van der Waals surface area contributed by atoms with Crippen molar-refractivity contribution < 1.29 is 19.5 Å². The van der Waals surface area contributed by atoms with Crippen molar-refractivity contribution in [2.24, 2.45) is 0 Å². The summed E-state index contributed by atoms with van der Waals surface area (Å²) in [4.78, 5) is 33.4. The Bertz CT molecular complexity index is 521. The minimum absolute atomic E-state index is 0.401. The lowest BCUT2D eigenvalue weighted by Gasteiger charge is -2.14. The number of nitrogens with one attached hydrogen (secondary N) is 3. The van der Waals surface area contributed by atoms with Gasteiger partial charge >= 0.3 is 6.09 Å². The van der Waals surface area contributed by atoms with Crippen LogP contribution in [0.3, 0.4) is 0 Å². The number of carbonyl (C=O) groups is 3. The molecule has 1 atom stereocenters. The van der Waals surface area contributed by atoms with Crippen LogP contribution in [0.5, 0.6) is 0 Å². The van der Waals surface area contributed by atoms with Gasteiger partial charge in [0.1, 0.15) is 12.6 Å². The van der Waals surface area contributed by atoms with Crippen LogP contribution >= 0.6 is 15.9 Å². The number of anilines is 1. The molecule has 7 nitrogen and oxygen atoms in total. The van der Waals surface area contributed by atoms with E-state index < -0.39 is 30.5 Å². The van der Waals surface area contributed by atoms with E-state index >= 15 is 0 Å². The molecule has 0 bridgehead atoms. The zero-order chi connectivity index (χ0) is 15.1. The smallest absolute Gasteiger partial charge is 0.405 e. The number of halogens is 1. The summed E-state index contributed by atoms with van der Waals surface area (Å²) in [7, 11) is 0. The normalized spacial score (nSPS) is 11.3. The molecule has 0 saturated heterocycles. The van der Waals surface area contributed by atoms with E-state index in [0.717, 1.165) is 4.47 Å². The number of benzene rings is 1. The van der Waals surface area contributed by atoms with E-state index in [0.29, 0.717) is 5.69 Å². The zero-order valence-electron chi connectivity index (χ0n) is 10.6. The molecule has 1 aromatic rings. The Hall–Kier alpha value is -2.09. The molecule has 1 unspecified atom stereocenters. The van der Waals surface area contributed by atoms with Crippen LogP contribution in [-0.4, -0.2) is 35.6 Å². The van der Waals surface area contributed by atoms with Gasteiger partial charge in [0.05, 0.1) is 5.69 Å². The summed E-state index contributed by atoms with van der Waals surface area (Å²) in [6.07, 6.45) is -1.30. The van der Waals surface area contributed by atoms with Crippen LogP contribution in [0.2, 0.25) is 0 Å². The van der Waals surface area contributed by atoms with Gasteiger partial charge in [0.25, 0.3) is 0 Å². The molecule has 0 radical (unpaired) electrons. The molecule has 0 saturated carbocycles. The van der Waals surface area contributed by atoms with E-state index in [9.17, 15) is 14.4 Å². The maximum atomic E-state index is 11.9. The highest BCUT2D eigenvalue weighted by Gasteiger charge is 2.16. The fourth-order valence-electron chi connectivity index (χ4n) is 1.32. The Morgan fingerprint density at radius 1 is 1.30 bits per heavy atom. The van der Waals surface area contributed by atoms with Gasteiger partial charge in [-0.1, -0.05) is 12.1 Å². The molecule has 20 heavy (non-hydrogen) atoms. The van der Waals surface area contributed by atoms with Crippen LogP contribution in [0.25, 0.3) is 0 Å². The molecule has 4 N–H and O–H groups in total. The Kier molecular flexibility index (Phi) is 5.98. The van der Waals surface area contributed by atoms with Crippen molar-refractivity contribution in [1.82, 2.24) is 10.6 Å². The second-order valence-corrected chi connectivity index (χ2v) is 4.77. The first-order chi connectivity index (χ1) is 9.40. The van der Waals surface area contributed by atoms with Gasteiger partial charge in [0.15, 0.2) is 0 Å². The molecule has 8 heteroatoms. The largest absolute Gasteiger partial charge is 0.465 e. The number of rotatable bonds is 5. The molecule has 1 aromatic carbocycles. The van der Waals surface area contributed by atoms with Crippen molar-refractivity contribution in [1.29, 1.82) is 0 Å². The number of hydrogen-bond donors (Lipinski definition) is 4. The van der Waals surface area contributed by atoms with Crippen molar-refractivity contribution in [2.45, 2.75) is 13.0 Å². The molecule has 108 valence electrons. The topological polar surface area (TPSA) is 108 Å². The van der Waals surface area contributed by atoms with Crippen LogP contribution in [0.4, 0.5) is 10.5 Å². The first-order valence-corrected chi connectivity index (χ1v) is 6.51. The first-order valence-electron chi connectivity index (χ1n) is 5.71. The van der Waals surface area contributed by atoms with E-state index in [1.807, 2.05) is 11.4 Å². The number of carbonyl (C=O) groups excluding carboxylic acids is 2. The zero-order valence-corrected chi connectivity index (χ0v) is 12.2. The monoisotopic (exact) mass is 343 g/mol. The van der Waals surface area contributed by atoms with Gasteiger partial charge in [0.2, 0.25) is 11.8 Å². The maximum absolute atomic E-state index is 11.9. The fourth-order valence-corrected chi connectivity index (χ4v) is 1.70. The van der Waals surface area contributed by atoms with Gasteiger partial charge in [-0.05, 0) is 35.0 Å². The Balaban J connectivity index is 2.49. The molecule has 0 heterocycles. The lowest BCUT2D eigenvalue weighted by atomic mass is 10.2. The highest BCUT2D eigenvalue weighted by Crippen LogP contribution is 2.21. The molecule has 0 aliphatic rings. The van der Waals surface area contributed by atoms with Gasteiger partial charge in [-0.3, -0.25) is 9.59 Å². The van der Waals surface area contributed by atoms with E-state index in [1.165, 1.54) is 6.92 Å². The fraction of sp³-hybridized carbons (Fsp3) is 0.250. The molecule has 1 rings (SSSR count). The van der Waals surface area contributed by atoms with Crippen molar-refractivity contribution in [3.8, 4) is 0 Å². The molecule has 3 amide bonds. The number of amides is 3. The van der Waals surface area contributed by atoms with Crippen molar-refractivity contribution in [3.63, 3.8) is 0 Å². The molecule has 0 fully saturated rings. The molecular formula is C12H14BrN3O4. The third-order valence-electron chi connectivity index (χ3n) is 2.30. The minimum Gasteiger partial charge on any atom is -0.465 e. The van der Waals surface area contributed by atoms with Crippen molar-refractivity contribution in [3.05, 3.63) is 28.7 Å². The first kappa shape index (κ1) is 16.0. The van der Waals surface area contributed by atoms with Crippen LogP contribution in [-0.2, 0) is 9.59 Å². The van der Waals surface area contributed by atoms with Gasteiger partial charge in [-0.2, -0.15) is 0 Å². The summed E-state index contributed by atoms with van der Waals surface area (Å²) in [5, 5.41) is 15.3. The van der Waals surface area contributed by atoms with Gasteiger partial charge in [-0.25, -0.2) is 4.79 Å². The van der Waals surface area contributed by atoms with Crippen LogP contribution in [0, 0.1) is 0 Å². The second-order valence-electron chi connectivity index (χ2n) is 3.92. The Labute approximate surface area is 123 Å². The summed E-state index contributed by atoms with van der Waals surface area (Å²) < 4.78 is 0.722. The third-order valence-corrected chi connectivity index (χ3v) is 2.99. The average Bonchev–Trinajstić information content (AvgIpc) is 2.39. The predicted octanol–water partition coefficient (Wildman–Crippen LogP) is 1.16. The SMILES string of the molecule is CC(NC(=O)CNC(=O)O)C(=O)Nc1ccccc1Br. The van der Waals surface area contributed by atoms with Gasteiger partial charge in [0, 0.05) is 4.47 Å². The summed E-state index contributed by atoms with van der Waals surface area (Å²) in [6, 6.07) is 6.27. The third kappa shape index (κ3) is 5.27. The second kappa shape index (κ2) is 7.49. The maximum Gasteiger partial charge on any atom is 0.405 e. The van der Waals surface area contributed by atoms with E-state index in [-0.39, 0.29) is 0 Å². The molecule has 0 aliphatic heterocycles. The molecule has 0 aromatic heterocycles. The molecule has 0 aliphatic carbocycles. The Morgan fingerprint density at radius 3 is 2.55 bits per heavy atom. The summed E-state index contributed by atoms with van der Waals surface area (Å²) in [5.41, 5.74) is 0.585. The highest BCUT2D eigenvalue weighted by atomic mass is 79.9. The summed E-state index contributed by atoms with van der Waals surface area (Å²) >= 11 is 3.29. The lowest BCUT2D eigenvalue weighted by Crippen LogP contribution is -2.45. The summed E-state index contributed by atoms with van der Waals surface area (Å²) in [5.74, 6) is -0.984. The standard InChI is InChI=1S/C12H14BrN3O4/c1-7(15-10(17)6-14-12(19)20)11(18)16-9-5-3-2-4-8(9)13/h2-5,7,14H,6H2,1H3,(H,15,17)(H,16,18)(H,19,20). The number of hydrogen-bond acceptors (Lipinski definition) is 3. The van der Waals surface area contributed by atoms with E-state index in [2.05, 4.69) is 26.6 Å². The van der Waals surface area contributed by atoms with Crippen LogP contribution in [0.15, 0.2) is 28.7 Å². The van der Waals surface area contributed by atoms with E-state index in [1.54, 1.807) is 18.2 Å².